The Labute approximate surface area is 186 Å². The van der Waals surface area contributed by atoms with Crippen LogP contribution in [0.1, 0.15) is 50.1 Å². The Hall–Kier alpha value is -0.880. The minimum Gasteiger partial charge on any atom is -0.357 e. The molecule has 0 bridgehead atoms. The molecule has 8 nitrogen and oxygen atoms in total. The van der Waals surface area contributed by atoms with E-state index >= 15 is 0 Å². The van der Waals surface area contributed by atoms with Crippen LogP contribution in [0.4, 0.5) is 0 Å². The van der Waals surface area contributed by atoms with Gasteiger partial charge in [0.05, 0.1) is 18.0 Å². The molecule has 0 radical (unpaired) electrons. The van der Waals surface area contributed by atoms with Crippen molar-refractivity contribution in [3.63, 3.8) is 0 Å². The first-order chi connectivity index (χ1) is 12.8. The summed E-state index contributed by atoms with van der Waals surface area (Å²) in [4.78, 5) is 4.72. The van der Waals surface area contributed by atoms with Crippen LogP contribution in [-0.2, 0) is 23.6 Å². The summed E-state index contributed by atoms with van der Waals surface area (Å²) in [5.41, 5.74) is 3.28. The molecule has 0 unspecified atom stereocenters. The van der Waals surface area contributed by atoms with Crippen molar-refractivity contribution in [2.75, 3.05) is 25.4 Å². The normalized spacial score (nSPS) is 16.7. The molecule has 162 valence electrons. The Bertz CT molecular complexity index is 754. The van der Waals surface area contributed by atoms with E-state index in [1.54, 1.807) is 4.31 Å². The van der Waals surface area contributed by atoms with E-state index in [-0.39, 0.29) is 35.8 Å². The van der Waals surface area contributed by atoms with Crippen molar-refractivity contribution in [1.29, 1.82) is 0 Å². The van der Waals surface area contributed by atoms with Gasteiger partial charge < -0.3 is 10.6 Å². The van der Waals surface area contributed by atoms with Crippen LogP contribution in [0.2, 0.25) is 0 Å². The first-order valence-electron chi connectivity index (χ1n) is 9.80. The van der Waals surface area contributed by atoms with Crippen molar-refractivity contribution >= 4 is 40.0 Å². The van der Waals surface area contributed by atoms with E-state index in [2.05, 4.69) is 22.7 Å². The van der Waals surface area contributed by atoms with E-state index in [4.69, 9.17) is 4.99 Å². The molecule has 1 saturated heterocycles. The minimum absolute atomic E-state index is 0. The molecule has 1 aromatic heterocycles. The monoisotopic (exact) mass is 526 g/mol. The molecule has 0 spiro atoms. The zero-order valence-corrected chi connectivity index (χ0v) is 20.8. The number of piperidine rings is 1. The number of guanidine groups is 1. The average Bonchev–Trinajstić information content (AvgIpc) is 2.85. The van der Waals surface area contributed by atoms with Crippen LogP contribution >= 0.6 is 24.0 Å². The predicted molar refractivity (Wildman–Crippen MR) is 125 cm³/mol. The van der Waals surface area contributed by atoms with Crippen LogP contribution in [0.3, 0.4) is 0 Å². The van der Waals surface area contributed by atoms with Crippen LogP contribution in [-0.4, -0.2) is 59.9 Å². The predicted octanol–water partition coefficient (Wildman–Crippen LogP) is 1.91. The highest BCUT2D eigenvalue weighted by Gasteiger charge is 2.27. The molecule has 1 aliphatic rings. The van der Waals surface area contributed by atoms with Crippen LogP contribution < -0.4 is 10.6 Å². The first kappa shape index (κ1) is 25.2. The lowest BCUT2D eigenvalue weighted by Crippen LogP contribution is -2.50. The number of halogens is 1. The maximum absolute atomic E-state index is 12.2. The van der Waals surface area contributed by atoms with Crippen molar-refractivity contribution in [3.8, 4) is 0 Å². The lowest BCUT2D eigenvalue weighted by atomic mass is 10.1. The van der Waals surface area contributed by atoms with E-state index in [1.807, 2.05) is 32.5 Å². The molecule has 28 heavy (non-hydrogen) atoms. The third-order valence-electron chi connectivity index (χ3n) is 5.05. The van der Waals surface area contributed by atoms with Crippen molar-refractivity contribution in [2.24, 2.45) is 12.0 Å². The third kappa shape index (κ3) is 6.58. The number of hydrogen-bond acceptors (Lipinski definition) is 4. The second kappa shape index (κ2) is 11.3. The van der Waals surface area contributed by atoms with Gasteiger partial charge in [-0.2, -0.15) is 5.10 Å². The summed E-state index contributed by atoms with van der Waals surface area (Å²) in [6.07, 6.45) is 2.24. The number of aromatic nitrogens is 2. The highest BCUT2D eigenvalue weighted by molar-refractivity contribution is 14.0. The highest BCUT2D eigenvalue weighted by atomic mass is 127. The summed E-state index contributed by atoms with van der Waals surface area (Å²) in [7, 11) is -1.15. The van der Waals surface area contributed by atoms with Gasteiger partial charge in [0.2, 0.25) is 10.0 Å². The van der Waals surface area contributed by atoms with Crippen LogP contribution in [0, 0.1) is 13.8 Å². The Morgan fingerprint density at radius 2 is 1.89 bits per heavy atom. The van der Waals surface area contributed by atoms with Gasteiger partial charge in [-0.1, -0.05) is 6.92 Å². The van der Waals surface area contributed by atoms with Crippen molar-refractivity contribution in [1.82, 2.24) is 24.7 Å². The van der Waals surface area contributed by atoms with Gasteiger partial charge in [0, 0.05) is 44.0 Å². The van der Waals surface area contributed by atoms with Gasteiger partial charge in [-0.05, 0) is 40.0 Å². The van der Waals surface area contributed by atoms with Crippen LogP contribution in [0.15, 0.2) is 4.99 Å². The molecule has 0 aliphatic carbocycles. The summed E-state index contributed by atoms with van der Waals surface area (Å²) < 4.78 is 27.9. The standard InChI is InChI=1S/C18H34N6O2S.HI/c1-6-12-27(25,26)24-10-8-16(9-11-24)21-18(19-7-2)20-13-17-14(3)22-23(5)15(17)4;/h16H,6-13H2,1-5H3,(H2,19,20,21);1H. The quantitative estimate of drug-likeness (QED) is 0.322. The SMILES string of the molecule is CCCS(=O)(=O)N1CCC(NC(=NCc2c(C)nn(C)c2C)NCC)CC1.I. The average molecular weight is 526 g/mol. The Kier molecular flexibility index (Phi) is 10.2. The maximum Gasteiger partial charge on any atom is 0.214 e. The summed E-state index contributed by atoms with van der Waals surface area (Å²) >= 11 is 0. The fourth-order valence-electron chi connectivity index (χ4n) is 3.38. The summed E-state index contributed by atoms with van der Waals surface area (Å²) in [6.45, 7) is 10.5. The molecule has 0 amide bonds. The summed E-state index contributed by atoms with van der Waals surface area (Å²) in [5.74, 6) is 1.01. The largest absolute Gasteiger partial charge is 0.357 e. The molecule has 1 fully saturated rings. The molecule has 0 atom stereocenters. The summed E-state index contributed by atoms with van der Waals surface area (Å²) in [6, 6.07) is 0.229. The molecule has 0 aromatic carbocycles. The molecule has 1 aliphatic heterocycles. The lowest BCUT2D eigenvalue weighted by Gasteiger charge is -2.32. The van der Waals surface area contributed by atoms with Crippen molar-refractivity contribution in [3.05, 3.63) is 17.0 Å². The first-order valence-corrected chi connectivity index (χ1v) is 11.4. The second-order valence-corrected chi connectivity index (χ2v) is 9.19. The molecule has 10 heteroatoms. The Morgan fingerprint density at radius 3 is 2.39 bits per heavy atom. The molecule has 2 heterocycles. The van der Waals surface area contributed by atoms with E-state index in [1.165, 1.54) is 0 Å². The smallest absolute Gasteiger partial charge is 0.214 e. The highest BCUT2D eigenvalue weighted by Crippen LogP contribution is 2.16. The van der Waals surface area contributed by atoms with E-state index in [0.29, 0.717) is 26.1 Å². The van der Waals surface area contributed by atoms with E-state index in [0.717, 1.165) is 42.3 Å². The maximum atomic E-state index is 12.2. The fourth-order valence-corrected chi connectivity index (χ4v) is 4.92. The van der Waals surface area contributed by atoms with Gasteiger partial charge in [-0.15, -0.1) is 24.0 Å². The topological polar surface area (TPSA) is 91.6 Å². The molecule has 2 rings (SSSR count). The number of sulfonamides is 1. The zero-order chi connectivity index (χ0) is 20.0. The zero-order valence-electron chi connectivity index (χ0n) is 17.7. The molecular weight excluding hydrogens is 491 g/mol. The van der Waals surface area contributed by atoms with Crippen molar-refractivity contribution < 1.29 is 8.42 Å². The van der Waals surface area contributed by atoms with Crippen LogP contribution in [0.5, 0.6) is 0 Å². The van der Waals surface area contributed by atoms with Gasteiger partial charge in [0.15, 0.2) is 5.96 Å². The van der Waals surface area contributed by atoms with E-state index in [9.17, 15) is 8.42 Å². The van der Waals surface area contributed by atoms with Crippen LogP contribution in [0.25, 0.3) is 0 Å². The van der Waals surface area contributed by atoms with E-state index < -0.39 is 10.0 Å². The number of nitrogens with one attached hydrogen (secondary N) is 2. The van der Waals surface area contributed by atoms with Gasteiger partial charge in [0.1, 0.15) is 0 Å². The fraction of sp³-hybridized carbons (Fsp3) is 0.778. The number of hydrogen-bond donors (Lipinski definition) is 2. The Balaban J connectivity index is 0.00000392. The minimum atomic E-state index is -3.10. The summed E-state index contributed by atoms with van der Waals surface area (Å²) in [5, 5.41) is 11.2. The molecular formula is C18H35IN6O2S. The van der Waals surface area contributed by atoms with Gasteiger partial charge in [0.25, 0.3) is 0 Å². The molecule has 1 aromatic rings. The molecule has 2 N–H and O–H groups in total. The third-order valence-corrected chi connectivity index (χ3v) is 7.12. The Morgan fingerprint density at radius 1 is 1.25 bits per heavy atom. The number of rotatable bonds is 7. The number of aliphatic imine (C=N–C) groups is 1. The lowest BCUT2D eigenvalue weighted by molar-refractivity contribution is 0.306. The van der Waals surface area contributed by atoms with Gasteiger partial charge >= 0.3 is 0 Å². The number of nitrogens with zero attached hydrogens (tertiary/aromatic N) is 4. The number of aryl methyl sites for hydroxylation is 2. The van der Waals surface area contributed by atoms with Gasteiger partial charge in [-0.25, -0.2) is 17.7 Å². The second-order valence-electron chi connectivity index (χ2n) is 7.10. The van der Waals surface area contributed by atoms with Crippen molar-refractivity contribution in [2.45, 2.75) is 59.5 Å². The molecule has 0 saturated carbocycles. The van der Waals surface area contributed by atoms with Gasteiger partial charge in [-0.3, -0.25) is 4.68 Å².